The summed E-state index contributed by atoms with van der Waals surface area (Å²) in [4.78, 5) is 20.7. The molecule has 0 radical (unpaired) electrons. The zero-order valence-electron chi connectivity index (χ0n) is 15.8. The van der Waals surface area contributed by atoms with Crippen molar-refractivity contribution in [2.75, 3.05) is 44.2 Å². The number of anilines is 1. The molecule has 1 amide bonds. The molecule has 1 unspecified atom stereocenters. The first-order valence-corrected chi connectivity index (χ1v) is 9.75. The second-order valence-electron chi connectivity index (χ2n) is 7.19. The number of piperazine rings is 1. The Bertz CT molecular complexity index is 798. The van der Waals surface area contributed by atoms with Gasteiger partial charge < -0.3 is 19.4 Å². The molecule has 8 heteroatoms. The minimum absolute atomic E-state index is 0.0982. The number of nitrogens with one attached hydrogen (secondary N) is 1. The Morgan fingerprint density at radius 1 is 1.25 bits per heavy atom. The number of nitrogens with zero attached hydrogens (tertiary/aromatic N) is 3. The molecule has 0 bridgehead atoms. The van der Waals surface area contributed by atoms with E-state index in [1.807, 2.05) is 11.0 Å². The van der Waals surface area contributed by atoms with Gasteiger partial charge in [-0.05, 0) is 25.0 Å². The van der Waals surface area contributed by atoms with Gasteiger partial charge in [-0.3, -0.25) is 9.69 Å². The van der Waals surface area contributed by atoms with E-state index in [4.69, 9.17) is 9.15 Å². The molecule has 2 aliphatic heterocycles. The molecule has 2 aromatic rings. The lowest BCUT2D eigenvalue weighted by Gasteiger charge is -2.35. The average Bonchev–Trinajstić information content (AvgIpc) is 3.39. The van der Waals surface area contributed by atoms with Crippen molar-refractivity contribution in [3.63, 3.8) is 0 Å². The zero-order chi connectivity index (χ0) is 19.3. The Kier molecular flexibility index (Phi) is 5.87. The quantitative estimate of drug-likeness (QED) is 0.817. The summed E-state index contributed by atoms with van der Waals surface area (Å²) in [5, 5.41) is 2.84. The van der Waals surface area contributed by atoms with Crippen molar-refractivity contribution in [3.8, 4) is 0 Å². The van der Waals surface area contributed by atoms with E-state index in [0.717, 1.165) is 45.6 Å². The second kappa shape index (κ2) is 8.70. The number of hydrogen-bond acceptors (Lipinski definition) is 6. The Morgan fingerprint density at radius 3 is 2.82 bits per heavy atom. The van der Waals surface area contributed by atoms with Crippen LogP contribution in [0.3, 0.4) is 0 Å². The number of carbonyl (C=O) groups is 1. The largest absolute Gasteiger partial charge is 0.447 e. The first-order chi connectivity index (χ1) is 13.7. The maximum atomic E-state index is 13.9. The van der Waals surface area contributed by atoms with Crippen LogP contribution in [0, 0.1) is 5.82 Å². The van der Waals surface area contributed by atoms with Crippen LogP contribution >= 0.6 is 0 Å². The molecule has 28 heavy (non-hydrogen) atoms. The van der Waals surface area contributed by atoms with Crippen LogP contribution in [0.2, 0.25) is 0 Å². The molecule has 1 aromatic carbocycles. The number of ether oxygens (including phenoxy) is 1. The number of halogens is 1. The van der Waals surface area contributed by atoms with Gasteiger partial charge in [0.1, 0.15) is 12.1 Å². The van der Waals surface area contributed by atoms with Crippen LogP contribution in [0.1, 0.15) is 29.2 Å². The minimum Gasteiger partial charge on any atom is -0.447 e. The van der Waals surface area contributed by atoms with E-state index in [2.05, 4.69) is 15.2 Å². The van der Waals surface area contributed by atoms with E-state index in [1.165, 1.54) is 12.3 Å². The maximum Gasteiger partial charge on any atom is 0.273 e. The van der Waals surface area contributed by atoms with Crippen LogP contribution in [-0.2, 0) is 11.3 Å². The van der Waals surface area contributed by atoms with Crippen molar-refractivity contribution < 1.29 is 18.3 Å². The van der Waals surface area contributed by atoms with Gasteiger partial charge in [0.15, 0.2) is 5.69 Å². The Morgan fingerprint density at radius 2 is 2.07 bits per heavy atom. The molecule has 7 nitrogen and oxygen atoms in total. The van der Waals surface area contributed by atoms with Gasteiger partial charge in [0, 0.05) is 39.3 Å². The summed E-state index contributed by atoms with van der Waals surface area (Å²) in [6.45, 7) is 4.81. The molecule has 2 fully saturated rings. The standard InChI is InChI=1S/C20H25FN4O3/c21-16-5-1-2-6-18(16)25-9-7-24(8-10-25)13-19-23-17(14-28-19)20(26)22-12-15-4-3-11-27-15/h1-2,5-6,14-15H,3-4,7-13H2,(H,22,26). The number of benzene rings is 1. The van der Waals surface area contributed by atoms with Crippen LogP contribution in [0.4, 0.5) is 10.1 Å². The Balaban J connectivity index is 1.25. The monoisotopic (exact) mass is 388 g/mol. The fourth-order valence-electron chi connectivity index (χ4n) is 3.64. The molecule has 2 aliphatic rings. The number of hydrogen-bond donors (Lipinski definition) is 1. The highest BCUT2D eigenvalue weighted by atomic mass is 19.1. The highest BCUT2D eigenvalue weighted by molar-refractivity contribution is 5.91. The Labute approximate surface area is 163 Å². The van der Waals surface area contributed by atoms with Crippen LogP contribution < -0.4 is 10.2 Å². The van der Waals surface area contributed by atoms with E-state index in [1.54, 1.807) is 12.1 Å². The molecule has 0 aliphatic carbocycles. The number of para-hydroxylation sites is 1. The molecule has 0 spiro atoms. The molecule has 4 rings (SSSR count). The van der Waals surface area contributed by atoms with Crippen molar-refractivity contribution in [1.29, 1.82) is 0 Å². The predicted octanol–water partition coefficient (Wildman–Crippen LogP) is 2.04. The minimum atomic E-state index is -0.241. The van der Waals surface area contributed by atoms with Crippen LogP contribution in [-0.4, -0.2) is 61.2 Å². The highest BCUT2D eigenvalue weighted by Gasteiger charge is 2.22. The van der Waals surface area contributed by atoms with Crippen LogP contribution in [0.25, 0.3) is 0 Å². The van der Waals surface area contributed by atoms with E-state index >= 15 is 0 Å². The highest BCUT2D eigenvalue weighted by Crippen LogP contribution is 2.20. The fraction of sp³-hybridized carbons (Fsp3) is 0.500. The summed E-state index contributed by atoms with van der Waals surface area (Å²) < 4.78 is 24.9. The number of amides is 1. The van der Waals surface area contributed by atoms with Gasteiger partial charge >= 0.3 is 0 Å². The molecular weight excluding hydrogens is 363 g/mol. The van der Waals surface area contributed by atoms with Gasteiger partial charge in [-0.1, -0.05) is 12.1 Å². The van der Waals surface area contributed by atoms with E-state index in [9.17, 15) is 9.18 Å². The Hall–Kier alpha value is -2.45. The van der Waals surface area contributed by atoms with Crippen LogP contribution in [0.15, 0.2) is 34.9 Å². The molecule has 2 saturated heterocycles. The topological polar surface area (TPSA) is 70.8 Å². The predicted molar refractivity (Wildman–Crippen MR) is 102 cm³/mol. The lowest BCUT2D eigenvalue weighted by Crippen LogP contribution is -2.46. The number of aromatic nitrogens is 1. The molecular formula is C20H25FN4O3. The van der Waals surface area contributed by atoms with E-state index in [0.29, 0.717) is 24.7 Å². The summed E-state index contributed by atoms with van der Waals surface area (Å²) in [6.07, 6.45) is 3.51. The molecule has 1 aromatic heterocycles. The van der Waals surface area contributed by atoms with Gasteiger partial charge in [0.25, 0.3) is 5.91 Å². The SMILES string of the molecule is O=C(NCC1CCCO1)c1coc(CN2CCN(c3ccccc3F)CC2)n1. The van der Waals surface area contributed by atoms with Gasteiger partial charge in [-0.15, -0.1) is 0 Å². The van der Waals surface area contributed by atoms with E-state index < -0.39 is 0 Å². The first-order valence-electron chi connectivity index (χ1n) is 9.75. The summed E-state index contributed by atoms with van der Waals surface area (Å²) in [6, 6.07) is 6.84. The molecule has 1 atom stereocenters. The third-order valence-electron chi connectivity index (χ3n) is 5.22. The molecule has 150 valence electrons. The summed E-state index contributed by atoms with van der Waals surface area (Å²) in [5.74, 6) is 0.0822. The zero-order valence-corrected chi connectivity index (χ0v) is 15.8. The first kappa shape index (κ1) is 18.9. The van der Waals surface area contributed by atoms with Gasteiger partial charge in [-0.25, -0.2) is 9.37 Å². The number of carbonyl (C=O) groups excluding carboxylic acids is 1. The maximum absolute atomic E-state index is 13.9. The van der Waals surface area contributed by atoms with Gasteiger partial charge in [0.2, 0.25) is 5.89 Å². The summed E-state index contributed by atoms with van der Waals surface area (Å²) in [5.41, 5.74) is 0.932. The average molecular weight is 388 g/mol. The van der Waals surface area contributed by atoms with Crippen molar-refractivity contribution in [2.24, 2.45) is 0 Å². The normalized spacial score (nSPS) is 20.5. The number of rotatable bonds is 6. The summed E-state index contributed by atoms with van der Waals surface area (Å²) >= 11 is 0. The van der Waals surface area contributed by atoms with Gasteiger partial charge in [-0.2, -0.15) is 0 Å². The van der Waals surface area contributed by atoms with Crippen molar-refractivity contribution in [1.82, 2.24) is 15.2 Å². The third-order valence-corrected chi connectivity index (χ3v) is 5.22. The van der Waals surface area contributed by atoms with Crippen molar-refractivity contribution in [2.45, 2.75) is 25.5 Å². The van der Waals surface area contributed by atoms with Crippen molar-refractivity contribution in [3.05, 3.63) is 47.9 Å². The lowest BCUT2D eigenvalue weighted by molar-refractivity contribution is 0.0853. The molecule has 3 heterocycles. The number of oxazole rings is 1. The third kappa shape index (κ3) is 4.51. The fourth-order valence-corrected chi connectivity index (χ4v) is 3.64. The lowest BCUT2D eigenvalue weighted by atomic mass is 10.2. The molecule has 0 saturated carbocycles. The molecule has 1 N–H and O–H groups in total. The smallest absolute Gasteiger partial charge is 0.273 e. The summed E-state index contributed by atoms with van der Waals surface area (Å²) in [7, 11) is 0. The van der Waals surface area contributed by atoms with E-state index in [-0.39, 0.29) is 23.5 Å². The van der Waals surface area contributed by atoms with Crippen LogP contribution in [0.5, 0.6) is 0 Å². The van der Waals surface area contributed by atoms with Crippen molar-refractivity contribution >= 4 is 11.6 Å². The van der Waals surface area contributed by atoms with Gasteiger partial charge in [0.05, 0.1) is 18.3 Å². The second-order valence-corrected chi connectivity index (χ2v) is 7.19.